The van der Waals surface area contributed by atoms with Crippen molar-refractivity contribution >= 4 is 0 Å². The molecule has 0 bridgehead atoms. The van der Waals surface area contributed by atoms with E-state index in [0.29, 0.717) is 25.6 Å². The number of hydrogen-bond donors (Lipinski definition) is 1. The average molecular weight is 225 g/mol. The zero-order valence-electron chi connectivity index (χ0n) is 10.1. The third-order valence-corrected chi connectivity index (χ3v) is 2.48. The van der Waals surface area contributed by atoms with Crippen molar-refractivity contribution in [2.24, 2.45) is 5.73 Å². The van der Waals surface area contributed by atoms with Gasteiger partial charge in [-0.2, -0.15) is 5.10 Å². The lowest BCUT2D eigenvalue weighted by Gasteiger charge is -2.11. The maximum absolute atomic E-state index is 5.68. The predicted molar refractivity (Wildman–Crippen MR) is 61.4 cm³/mol. The van der Waals surface area contributed by atoms with E-state index in [-0.39, 0.29) is 0 Å². The fourth-order valence-corrected chi connectivity index (χ4v) is 1.36. The Hall–Kier alpha value is -1.20. The van der Waals surface area contributed by atoms with Crippen molar-refractivity contribution in [1.82, 2.24) is 10.2 Å². The largest absolute Gasteiger partial charge is 0.476 e. The minimum atomic E-state index is 0.418. The second kappa shape index (κ2) is 6.40. The van der Waals surface area contributed by atoms with Crippen molar-refractivity contribution in [3.8, 4) is 5.88 Å². The number of ether oxygens (including phenoxy) is 2. The Kier molecular flexibility index (Phi) is 5.14. The second-order valence-electron chi connectivity index (χ2n) is 3.59. The minimum Gasteiger partial charge on any atom is -0.476 e. The lowest BCUT2D eigenvalue weighted by molar-refractivity contribution is 0.169. The van der Waals surface area contributed by atoms with Crippen LogP contribution in [0.3, 0.4) is 0 Å². The van der Waals surface area contributed by atoms with Gasteiger partial charge in [0.1, 0.15) is 0 Å². The molecule has 5 nitrogen and oxygen atoms in total. The van der Waals surface area contributed by atoms with Crippen molar-refractivity contribution < 1.29 is 9.47 Å². The van der Waals surface area contributed by atoms with Crippen LogP contribution in [0.15, 0.2) is 0 Å². The van der Waals surface area contributed by atoms with Crippen molar-refractivity contribution in [1.29, 1.82) is 0 Å². The van der Waals surface area contributed by atoms with Gasteiger partial charge in [-0.05, 0) is 19.4 Å². The Balaban J connectivity index is 2.68. The molecule has 0 saturated carbocycles. The Morgan fingerprint density at radius 1 is 1.19 bits per heavy atom. The number of nitrogens with two attached hydrogens (primary N) is 1. The summed E-state index contributed by atoms with van der Waals surface area (Å²) in [6, 6.07) is 0. The van der Waals surface area contributed by atoms with Gasteiger partial charge in [-0.15, -0.1) is 5.10 Å². The maximum atomic E-state index is 5.68. The molecule has 0 amide bonds. The summed E-state index contributed by atoms with van der Waals surface area (Å²) in [6.45, 7) is 5.56. The molecule has 1 aromatic rings. The summed E-state index contributed by atoms with van der Waals surface area (Å²) < 4.78 is 10.5. The van der Waals surface area contributed by atoms with Crippen molar-refractivity contribution in [2.75, 3.05) is 20.3 Å². The van der Waals surface area contributed by atoms with Crippen LogP contribution in [0, 0.1) is 13.8 Å². The first kappa shape index (κ1) is 12.9. The third kappa shape index (κ3) is 3.15. The van der Waals surface area contributed by atoms with Gasteiger partial charge in [0, 0.05) is 32.2 Å². The molecular weight excluding hydrogens is 206 g/mol. The molecule has 5 heteroatoms. The summed E-state index contributed by atoms with van der Waals surface area (Å²) in [6.07, 6.45) is 0.828. The van der Waals surface area contributed by atoms with Crippen LogP contribution >= 0.6 is 0 Å². The van der Waals surface area contributed by atoms with Crippen LogP contribution in [0.4, 0.5) is 0 Å². The lowest BCUT2D eigenvalue weighted by Crippen LogP contribution is -2.11. The molecule has 0 atom stereocenters. The van der Waals surface area contributed by atoms with E-state index in [1.807, 2.05) is 13.8 Å². The van der Waals surface area contributed by atoms with E-state index in [1.165, 1.54) is 0 Å². The van der Waals surface area contributed by atoms with Gasteiger partial charge in [-0.25, -0.2) is 0 Å². The van der Waals surface area contributed by atoms with Gasteiger partial charge in [-0.3, -0.25) is 0 Å². The Bertz CT molecular complexity index is 342. The first-order valence-corrected chi connectivity index (χ1v) is 5.35. The van der Waals surface area contributed by atoms with E-state index in [9.17, 15) is 0 Å². The quantitative estimate of drug-likeness (QED) is 0.730. The second-order valence-corrected chi connectivity index (χ2v) is 3.59. The summed E-state index contributed by atoms with van der Waals surface area (Å²) in [7, 11) is 1.67. The zero-order valence-corrected chi connectivity index (χ0v) is 10.1. The maximum Gasteiger partial charge on any atom is 0.238 e. The van der Waals surface area contributed by atoms with Crippen LogP contribution in [0.2, 0.25) is 0 Å². The van der Waals surface area contributed by atoms with Crippen LogP contribution in [-0.2, 0) is 11.3 Å². The first-order chi connectivity index (χ1) is 7.70. The molecule has 0 unspecified atom stereocenters. The highest BCUT2D eigenvalue weighted by atomic mass is 16.5. The van der Waals surface area contributed by atoms with Gasteiger partial charge in [0.25, 0.3) is 0 Å². The minimum absolute atomic E-state index is 0.418. The van der Waals surface area contributed by atoms with E-state index in [4.69, 9.17) is 15.2 Å². The van der Waals surface area contributed by atoms with Gasteiger partial charge in [0.05, 0.1) is 12.3 Å². The molecule has 0 saturated heterocycles. The van der Waals surface area contributed by atoms with Crippen LogP contribution < -0.4 is 10.5 Å². The number of nitrogens with zero attached hydrogens (tertiary/aromatic N) is 2. The van der Waals surface area contributed by atoms with Crippen LogP contribution in [0.5, 0.6) is 5.88 Å². The monoisotopic (exact) mass is 225 g/mol. The molecular formula is C11H19N3O2. The summed E-state index contributed by atoms with van der Waals surface area (Å²) in [5.74, 6) is 0.543. The van der Waals surface area contributed by atoms with Crippen LogP contribution in [0.1, 0.15) is 23.2 Å². The predicted octanol–water partition coefficient (Wildman–Crippen LogP) is 0.967. The summed E-state index contributed by atoms with van der Waals surface area (Å²) in [4.78, 5) is 0. The number of aryl methyl sites for hydroxylation is 1. The molecule has 0 fully saturated rings. The fourth-order valence-electron chi connectivity index (χ4n) is 1.36. The van der Waals surface area contributed by atoms with Crippen LogP contribution in [-0.4, -0.2) is 30.5 Å². The lowest BCUT2D eigenvalue weighted by atomic mass is 10.1. The summed E-state index contributed by atoms with van der Waals surface area (Å²) >= 11 is 0. The Labute approximate surface area is 96.0 Å². The molecule has 0 aliphatic heterocycles. The van der Waals surface area contributed by atoms with E-state index in [2.05, 4.69) is 10.2 Å². The van der Waals surface area contributed by atoms with Gasteiger partial charge in [0.15, 0.2) is 0 Å². The van der Waals surface area contributed by atoms with Gasteiger partial charge in [0.2, 0.25) is 5.88 Å². The Morgan fingerprint density at radius 3 is 2.56 bits per heavy atom. The highest BCUT2D eigenvalue weighted by molar-refractivity contribution is 5.34. The Morgan fingerprint density at radius 2 is 1.94 bits per heavy atom. The SMILES string of the molecule is COCCCOc1nnc(C)c(C)c1CN. The molecule has 0 aliphatic rings. The van der Waals surface area contributed by atoms with Gasteiger partial charge >= 0.3 is 0 Å². The van der Waals surface area contributed by atoms with E-state index >= 15 is 0 Å². The topological polar surface area (TPSA) is 70.3 Å². The van der Waals surface area contributed by atoms with E-state index in [0.717, 1.165) is 23.2 Å². The molecule has 1 aromatic heterocycles. The molecule has 90 valence electrons. The number of methoxy groups -OCH3 is 1. The highest BCUT2D eigenvalue weighted by Gasteiger charge is 2.10. The normalized spacial score (nSPS) is 10.5. The fraction of sp³-hybridized carbons (Fsp3) is 0.636. The van der Waals surface area contributed by atoms with E-state index in [1.54, 1.807) is 7.11 Å². The molecule has 0 aliphatic carbocycles. The average Bonchev–Trinajstić information content (AvgIpc) is 2.29. The smallest absolute Gasteiger partial charge is 0.238 e. The van der Waals surface area contributed by atoms with Gasteiger partial charge in [-0.1, -0.05) is 0 Å². The molecule has 0 radical (unpaired) electrons. The van der Waals surface area contributed by atoms with Gasteiger partial charge < -0.3 is 15.2 Å². The van der Waals surface area contributed by atoms with E-state index < -0.39 is 0 Å². The highest BCUT2D eigenvalue weighted by Crippen LogP contribution is 2.19. The number of rotatable bonds is 6. The first-order valence-electron chi connectivity index (χ1n) is 5.35. The number of hydrogen-bond acceptors (Lipinski definition) is 5. The van der Waals surface area contributed by atoms with Crippen LogP contribution in [0.25, 0.3) is 0 Å². The summed E-state index contributed by atoms with van der Waals surface area (Å²) in [5, 5.41) is 8.04. The van der Waals surface area contributed by atoms with Crippen molar-refractivity contribution in [3.05, 3.63) is 16.8 Å². The molecule has 16 heavy (non-hydrogen) atoms. The zero-order chi connectivity index (χ0) is 12.0. The molecule has 1 rings (SSSR count). The molecule has 0 spiro atoms. The van der Waals surface area contributed by atoms with Crippen molar-refractivity contribution in [3.63, 3.8) is 0 Å². The van der Waals surface area contributed by atoms with Crippen molar-refractivity contribution in [2.45, 2.75) is 26.8 Å². The summed E-state index contributed by atoms with van der Waals surface area (Å²) in [5.41, 5.74) is 8.56. The molecule has 1 heterocycles. The standard InChI is InChI=1S/C11H19N3O2/c1-8-9(2)13-14-11(10(8)7-12)16-6-4-5-15-3/h4-7,12H2,1-3H3. The number of aromatic nitrogens is 2. The molecule has 0 aromatic carbocycles. The third-order valence-electron chi connectivity index (χ3n) is 2.48. The molecule has 2 N–H and O–H groups in total.